The maximum Gasteiger partial charge on any atom is 0.0650 e. The van der Waals surface area contributed by atoms with Crippen molar-refractivity contribution in [3.63, 3.8) is 0 Å². The van der Waals surface area contributed by atoms with Crippen molar-refractivity contribution in [3.8, 4) is 0 Å². The van der Waals surface area contributed by atoms with Crippen LogP contribution in [0.4, 0.5) is 0 Å². The van der Waals surface area contributed by atoms with Gasteiger partial charge in [0.15, 0.2) is 0 Å². The second-order valence-corrected chi connectivity index (χ2v) is 5.78. The fourth-order valence-corrected chi connectivity index (χ4v) is 3.04. The zero-order valence-corrected chi connectivity index (χ0v) is 12.6. The van der Waals surface area contributed by atoms with Crippen molar-refractivity contribution in [2.45, 2.75) is 26.3 Å². The summed E-state index contributed by atoms with van der Waals surface area (Å²) in [5.74, 6) is 0. The molecule has 0 spiro atoms. The topological polar surface area (TPSA) is 26.0 Å². The summed E-state index contributed by atoms with van der Waals surface area (Å²) in [6.45, 7) is 6.32. The van der Waals surface area contributed by atoms with Crippen molar-refractivity contribution in [1.29, 1.82) is 0 Å². The van der Waals surface area contributed by atoms with Crippen LogP contribution in [0.25, 0.3) is 0 Å². The van der Waals surface area contributed by atoms with E-state index in [-0.39, 0.29) is 0 Å². The van der Waals surface area contributed by atoms with Crippen LogP contribution in [-0.2, 0) is 5.54 Å². The van der Waals surface area contributed by atoms with Crippen LogP contribution < -0.4 is 5.73 Å². The third-order valence-corrected chi connectivity index (χ3v) is 4.29. The van der Waals surface area contributed by atoms with Crippen LogP contribution in [0.3, 0.4) is 0 Å². The SMILES string of the molecule is Cc1cccc(C(C)(N)c2ccccc2Br)c1C. The Labute approximate surface area is 117 Å². The molecule has 0 bridgehead atoms. The molecule has 0 heterocycles. The van der Waals surface area contributed by atoms with Gasteiger partial charge in [0.2, 0.25) is 0 Å². The van der Waals surface area contributed by atoms with Crippen molar-refractivity contribution in [3.05, 3.63) is 69.2 Å². The highest BCUT2D eigenvalue weighted by molar-refractivity contribution is 9.10. The Morgan fingerprint density at radius 3 is 2.22 bits per heavy atom. The molecule has 0 radical (unpaired) electrons. The second-order valence-electron chi connectivity index (χ2n) is 4.93. The van der Waals surface area contributed by atoms with E-state index in [4.69, 9.17) is 5.73 Å². The molecule has 0 aliphatic heterocycles. The first-order chi connectivity index (χ1) is 8.44. The van der Waals surface area contributed by atoms with Gasteiger partial charge in [-0.25, -0.2) is 0 Å². The fraction of sp³-hybridized carbons (Fsp3) is 0.250. The molecule has 0 aliphatic carbocycles. The molecular formula is C16H18BrN. The normalized spacial score (nSPS) is 14.3. The van der Waals surface area contributed by atoms with Crippen molar-refractivity contribution < 1.29 is 0 Å². The van der Waals surface area contributed by atoms with E-state index in [1.807, 2.05) is 18.2 Å². The van der Waals surface area contributed by atoms with Gasteiger partial charge in [0.05, 0.1) is 5.54 Å². The second kappa shape index (κ2) is 4.87. The highest BCUT2D eigenvalue weighted by Crippen LogP contribution is 2.34. The maximum atomic E-state index is 6.60. The van der Waals surface area contributed by atoms with E-state index in [1.165, 1.54) is 16.7 Å². The molecule has 94 valence electrons. The Balaban J connectivity index is 2.62. The molecule has 0 amide bonds. The first kappa shape index (κ1) is 13.3. The molecule has 0 saturated carbocycles. The Morgan fingerprint density at radius 1 is 0.944 bits per heavy atom. The fourth-order valence-electron chi connectivity index (χ4n) is 2.34. The first-order valence-corrected chi connectivity index (χ1v) is 6.84. The summed E-state index contributed by atoms with van der Waals surface area (Å²) in [6, 6.07) is 14.4. The predicted octanol–water partition coefficient (Wildman–Crippen LogP) is 4.29. The van der Waals surface area contributed by atoms with Gasteiger partial charge in [-0.1, -0.05) is 52.3 Å². The number of nitrogens with two attached hydrogens (primary N) is 1. The predicted molar refractivity (Wildman–Crippen MR) is 80.7 cm³/mol. The molecule has 2 N–H and O–H groups in total. The molecule has 1 unspecified atom stereocenters. The van der Waals surface area contributed by atoms with Gasteiger partial charge in [-0.3, -0.25) is 0 Å². The zero-order valence-electron chi connectivity index (χ0n) is 11.0. The van der Waals surface area contributed by atoms with Crippen LogP contribution in [0, 0.1) is 13.8 Å². The van der Waals surface area contributed by atoms with Crippen LogP contribution in [0.2, 0.25) is 0 Å². The lowest BCUT2D eigenvalue weighted by molar-refractivity contribution is 0.595. The third kappa shape index (κ3) is 2.23. The average Bonchev–Trinajstić information content (AvgIpc) is 2.32. The number of aryl methyl sites for hydroxylation is 1. The summed E-state index contributed by atoms with van der Waals surface area (Å²) < 4.78 is 1.05. The molecular weight excluding hydrogens is 286 g/mol. The van der Waals surface area contributed by atoms with E-state index in [9.17, 15) is 0 Å². The molecule has 18 heavy (non-hydrogen) atoms. The minimum Gasteiger partial charge on any atom is -0.318 e. The van der Waals surface area contributed by atoms with E-state index in [0.717, 1.165) is 10.0 Å². The van der Waals surface area contributed by atoms with E-state index >= 15 is 0 Å². The van der Waals surface area contributed by atoms with Crippen LogP contribution in [-0.4, -0.2) is 0 Å². The van der Waals surface area contributed by atoms with E-state index in [1.54, 1.807) is 0 Å². The van der Waals surface area contributed by atoms with Crippen LogP contribution in [0.15, 0.2) is 46.9 Å². The number of halogens is 1. The number of benzene rings is 2. The lowest BCUT2D eigenvalue weighted by Gasteiger charge is -2.29. The summed E-state index contributed by atoms with van der Waals surface area (Å²) in [6.07, 6.45) is 0. The van der Waals surface area contributed by atoms with Crippen LogP contribution in [0.5, 0.6) is 0 Å². The standard InChI is InChI=1S/C16H18BrN/c1-11-7-6-9-13(12(11)2)16(3,18)14-8-4-5-10-15(14)17/h4-10H,18H2,1-3H3. The Kier molecular flexibility index (Phi) is 3.60. The van der Waals surface area contributed by atoms with Gasteiger partial charge in [-0.2, -0.15) is 0 Å². The lowest BCUT2D eigenvalue weighted by atomic mass is 9.82. The minimum atomic E-state index is -0.490. The van der Waals surface area contributed by atoms with Crippen molar-refractivity contribution in [2.75, 3.05) is 0 Å². The summed E-state index contributed by atoms with van der Waals surface area (Å²) in [5.41, 5.74) is 10.9. The molecule has 1 atom stereocenters. The maximum absolute atomic E-state index is 6.60. The molecule has 0 fully saturated rings. The highest BCUT2D eigenvalue weighted by atomic mass is 79.9. The highest BCUT2D eigenvalue weighted by Gasteiger charge is 2.27. The molecule has 1 nitrogen and oxygen atoms in total. The van der Waals surface area contributed by atoms with Gasteiger partial charge in [-0.15, -0.1) is 0 Å². The van der Waals surface area contributed by atoms with Gasteiger partial charge in [0.1, 0.15) is 0 Å². The molecule has 2 rings (SSSR count). The smallest absolute Gasteiger partial charge is 0.0650 e. The van der Waals surface area contributed by atoms with E-state index in [2.05, 4.69) is 61.0 Å². The molecule has 0 saturated heterocycles. The molecule has 2 heteroatoms. The molecule has 2 aromatic rings. The summed E-state index contributed by atoms with van der Waals surface area (Å²) in [5, 5.41) is 0. The number of hydrogen-bond donors (Lipinski definition) is 1. The third-order valence-electron chi connectivity index (χ3n) is 3.60. The molecule has 0 aromatic heterocycles. The first-order valence-electron chi connectivity index (χ1n) is 6.05. The number of rotatable bonds is 2. The summed E-state index contributed by atoms with van der Waals surface area (Å²) in [7, 11) is 0. The Morgan fingerprint density at radius 2 is 1.56 bits per heavy atom. The molecule has 0 aliphatic rings. The average molecular weight is 304 g/mol. The van der Waals surface area contributed by atoms with E-state index < -0.39 is 5.54 Å². The van der Waals surface area contributed by atoms with Crippen LogP contribution in [0.1, 0.15) is 29.2 Å². The Bertz CT molecular complexity index is 573. The van der Waals surface area contributed by atoms with Gasteiger partial charge in [0.25, 0.3) is 0 Å². The van der Waals surface area contributed by atoms with Gasteiger partial charge >= 0.3 is 0 Å². The van der Waals surface area contributed by atoms with Gasteiger partial charge in [0, 0.05) is 4.47 Å². The zero-order chi connectivity index (χ0) is 13.3. The summed E-state index contributed by atoms with van der Waals surface area (Å²) in [4.78, 5) is 0. The Hall–Kier alpha value is -1.12. The van der Waals surface area contributed by atoms with Gasteiger partial charge < -0.3 is 5.73 Å². The quantitative estimate of drug-likeness (QED) is 0.880. The van der Waals surface area contributed by atoms with Crippen molar-refractivity contribution >= 4 is 15.9 Å². The minimum absolute atomic E-state index is 0.490. The van der Waals surface area contributed by atoms with Crippen molar-refractivity contribution in [2.24, 2.45) is 5.73 Å². The van der Waals surface area contributed by atoms with Crippen LogP contribution >= 0.6 is 15.9 Å². The monoisotopic (exact) mass is 303 g/mol. The largest absolute Gasteiger partial charge is 0.318 e. The summed E-state index contributed by atoms with van der Waals surface area (Å²) >= 11 is 3.59. The van der Waals surface area contributed by atoms with Crippen molar-refractivity contribution in [1.82, 2.24) is 0 Å². The van der Waals surface area contributed by atoms with E-state index in [0.29, 0.717) is 0 Å². The molecule has 2 aromatic carbocycles. The number of hydrogen-bond acceptors (Lipinski definition) is 1. The van der Waals surface area contributed by atoms with Gasteiger partial charge in [-0.05, 0) is 49.1 Å². The lowest BCUT2D eigenvalue weighted by Crippen LogP contribution is -2.35.